The third-order valence-electron chi connectivity index (χ3n) is 16.0. The van der Waals surface area contributed by atoms with Crippen molar-refractivity contribution in [2.75, 3.05) is 21.2 Å². The van der Waals surface area contributed by atoms with E-state index in [1.54, 1.807) is 41.7 Å². The molecular formula is C55H101NO14. The molecule has 0 amide bonds. The zero-order valence-electron chi connectivity index (χ0n) is 46.1. The van der Waals surface area contributed by atoms with E-state index in [-0.39, 0.29) is 43.8 Å². The first kappa shape index (κ1) is 62.5. The number of Topliss-reactive ketones (excluding diaryl/α,β-unsaturated/α-hetero) is 1. The summed E-state index contributed by atoms with van der Waals surface area (Å²) in [6.07, 6.45) is 8.97. The van der Waals surface area contributed by atoms with E-state index >= 15 is 0 Å². The average molecular weight is 1000 g/mol. The molecule has 410 valence electrons. The molecule has 3 saturated heterocycles. The molecule has 0 unspecified atom stereocenters. The number of hydrogen-bond acceptors (Lipinski definition) is 15. The molecular weight excluding hydrogens is 899 g/mol. The van der Waals surface area contributed by atoms with Crippen LogP contribution in [0, 0.1) is 23.7 Å². The van der Waals surface area contributed by atoms with Crippen LogP contribution in [0.1, 0.15) is 205 Å². The molecule has 15 heteroatoms. The van der Waals surface area contributed by atoms with Crippen LogP contribution in [0.4, 0.5) is 0 Å². The summed E-state index contributed by atoms with van der Waals surface area (Å²) in [6.45, 7) is 18.9. The van der Waals surface area contributed by atoms with E-state index in [1.807, 2.05) is 32.8 Å². The van der Waals surface area contributed by atoms with Gasteiger partial charge < -0.3 is 58.5 Å². The number of ether oxygens (including phenoxy) is 7. The highest BCUT2D eigenvalue weighted by Crippen LogP contribution is 2.41. The maximum absolute atomic E-state index is 14.4. The molecule has 70 heavy (non-hydrogen) atoms. The number of carbonyl (C=O) groups excluding carboxylic acids is 3. The van der Waals surface area contributed by atoms with Crippen LogP contribution in [-0.4, -0.2) is 149 Å². The minimum Gasteiger partial charge on any atom is -0.459 e. The summed E-state index contributed by atoms with van der Waals surface area (Å²) in [5, 5.41) is 47.6. The largest absolute Gasteiger partial charge is 0.459 e. The molecule has 0 saturated carbocycles. The highest BCUT2D eigenvalue weighted by Gasteiger charge is 2.54. The van der Waals surface area contributed by atoms with Gasteiger partial charge in [0, 0.05) is 43.7 Å². The predicted molar refractivity (Wildman–Crippen MR) is 270 cm³/mol. The molecule has 0 aromatic carbocycles. The summed E-state index contributed by atoms with van der Waals surface area (Å²) in [6, 6.07) is -0.343. The molecule has 3 aliphatic rings. The van der Waals surface area contributed by atoms with Crippen LogP contribution in [0.5, 0.6) is 0 Å². The summed E-state index contributed by atoms with van der Waals surface area (Å²) >= 11 is 0. The quantitative estimate of drug-likeness (QED) is 0.0529. The van der Waals surface area contributed by atoms with Crippen molar-refractivity contribution in [3.63, 3.8) is 0 Å². The van der Waals surface area contributed by atoms with Crippen molar-refractivity contribution in [3.8, 4) is 0 Å². The number of carbonyl (C=O) groups is 3. The van der Waals surface area contributed by atoms with Crippen LogP contribution in [0.15, 0.2) is 0 Å². The summed E-state index contributed by atoms with van der Waals surface area (Å²) in [7, 11) is 5.26. The van der Waals surface area contributed by atoms with E-state index < -0.39 is 108 Å². The zero-order valence-corrected chi connectivity index (χ0v) is 46.1. The van der Waals surface area contributed by atoms with Crippen LogP contribution < -0.4 is 0 Å². The van der Waals surface area contributed by atoms with Gasteiger partial charge in [0.2, 0.25) is 0 Å². The monoisotopic (exact) mass is 1000 g/mol. The van der Waals surface area contributed by atoms with Crippen LogP contribution >= 0.6 is 0 Å². The Hall–Kier alpha value is -1.79. The van der Waals surface area contributed by atoms with Crippen LogP contribution in [0.3, 0.4) is 0 Å². The fourth-order valence-electron chi connectivity index (χ4n) is 11.5. The minimum atomic E-state index is -2.02. The van der Waals surface area contributed by atoms with Gasteiger partial charge in [0.05, 0.1) is 42.0 Å². The maximum atomic E-state index is 14.4. The summed E-state index contributed by atoms with van der Waals surface area (Å²) < 4.78 is 44.5. The van der Waals surface area contributed by atoms with Crippen molar-refractivity contribution in [2.24, 2.45) is 23.7 Å². The number of rotatable bonds is 24. The topological polar surface area (TPSA) is 200 Å². The second-order valence-corrected chi connectivity index (χ2v) is 22.6. The van der Waals surface area contributed by atoms with Crippen molar-refractivity contribution < 1.29 is 68.0 Å². The van der Waals surface area contributed by atoms with E-state index in [2.05, 4.69) is 6.92 Å². The first-order valence-electron chi connectivity index (χ1n) is 27.4. The number of nitrogens with zero attached hydrogens (tertiary/aromatic N) is 1. The number of ketones is 1. The van der Waals surface area contributed by atoms with E-state index in [9.17, 15) is 34.8 Å². The minimum absolute atomic E-state index is 0.0893. The Balaban J connectivity index is 1.82. The highest BCUT2D eigenvalue weighted by molar-refractivity contribution is 5.83. The van der Waals surface area contributed by atoms with Crippen LogP contribution in [0.25, 0.3) is 0 Å². The Morgan fingerprint density at radius 1 is 0.743 bits per heavy atom. The molecule has 3 heterocycles. The Morgan fingerprint density at radius 2 is 1.29 bits per heavy atom. The lowest BCUT2D eigenvalue weighted by Crippen LogP contribution is -2.61. The van der Waals surface area contributed by atoms with Gasteiger partial charge in [-0.05, 0) is 81.3 Å². The van der Waals surface area contributed by atoms with Gasteiger partial charge in [0.25, 0.3) is 0 Å². The second kappa shape index (κ2) is 29.3. The van der Waals surface area contributed by atoms with Gasteiger partial charge in [-0.15, -0.1) is 0 Å². The molecule has 3 rings (SSSR count). The average Bonchev–Trinajstić information content (AvgIpc) is 3.30. The van der Waals surface area contributed by atoms with E-state index in [0.717, 1.165) is 25.7 Å². The second-order valence-electron chi connectivity index (χ2n) is 22.6. The molecule has 15 nitrogen and oxygen atoms in total. The number of methoxy groups -OCH3 is 1. The normalized spacial score (nSPS) is 39.4. The molecule has 3 aliphatic heterocycles. The third kappa shape index (κ3) is 17.7. The number of esters is 2. The zero-order chi connectivity index (χ0) is 52.6. The first-order chi connectivity index (χ1) is 32.9. The lowest BCUT2D eigenvalue weighted by molar-refractivity contribution is -0.318. The van der Waals surface area contributed by atoms with Crippen molar-refractivity contribution in [3.05, 3.63) is 0 Å². The maximum Gasteiger partial charge on any atom is 0.311 e. The smallest absolute Gasteiger partial charge is 0.311 e. The fraction of sp³-hybridized carbons (Fsp3) is 0.945. The summed E-state index contributed by atoms with van der Waals surface area (Å²) in [5.74, 6) is -5.42. The van der Waals surface area contributed by atoms with Gasteiger partial charge in [0.1, 0.15) is 29.2 Å². The Labute approximate surface area is 423 Å². The number of aliphatic hydroxyl groups excluding tert-OH is 2. The van der Waals surface area contributed by atoms with Crippen molar-refractivity contribution in [1.29, 1.82) is 0 Å². The number of cyclic esters (lactones) is 1. The van der Waals surface area contributed by atoms with E-state index in [1.165, 1.54) is 91.4 Å². The molecule has 18 atom stereocenters. The number of aliphatic hydroxyl groups is 4. The van der Waals surface area contributed by atoms with Gasteiger partial charge in [-0.1, -0.05) is 125 Å². The molecule has 3 fully saturated rings. The lowest BCUT2D eigenvalue weighted by Gasteiger charge is -2.49. The van der Waals surface area contributed by atoms with Gasteiger partial charge in [-0.25, -0.2) is 0 Å². The predicted octanol–water partition coefficient (Wildman–Crippen LogP) is 8.60. The van der Waals surface area contributed by atoms with Crippen molar-refractivity contribution in [2.45, 2.75) is 289 Å². The standard InChI is InChI=1S/C55H101NO14/c1-15-17-18-19-20-21-22-23-24-25-26-27-28-29-30-31-43(57)68-50-40(8)66-44(34-54(50,10)64-14)69-47-38(6)49(70-52-46(59)41(56(12)13)32-36(4)65-52)53(9,62)33-35(3)45(58)37(5)48(60)55(11,63)42(16-2)67-51(61)39(47)7/h35-42,44,46-50,52,59-60,62-63H,15-34H2,1-14H3/t35-,36-,37+,38+,39-,40+,41+,42-,44+,46-,47+,48-,49-,50+,52+,53-,54-,55-/m1/s1. The first-order valence-corrected chi connectivity index (χ1v) is 27.4. The Morgan fingerprint density at radius 3 is 1.80 bits per heavy atom. The van der Waals surface area contributed by atoms with Crippen LogP contribution in [0.2, 0.25) is 0 Å². The number of hydrogen-bond donors (Lipinski definition) is 4. The van der Waals surface area contributed by atoms with E-state index in [4.69, 9.17) is 33.2 Å². The third-order valence-corrected chi connectivity index (χ3v) is 16.0. The Bertz CT molecular complexity index is 1540. The number of unbranched alkanes of at least 4 members (excludes halogenated alkanes) is 14. The van der Waals surface area contributed by atoms with Gasteiger partial charge >= 0.3 is 11.9 Å². The number of likely N-dealkylation sites (N-methyl/N-ethyl adjacent to an activating group) is 1. The molecule has 0 aromatic heterocycles. The van der Waals surface area contributed by atoms with Gasteiger partial charge in [-0.3, -0.25) is 14.4 Å². The SMILES string of the molecule is CCCCCCCCCCCCCCCCCC(=O)O[C@H]1[C@H](C)O[C@@H](O[C@H]2[C@H](C)[C@@H](O[C@@H]3O[C@H](C)C[C@H](N(C)C)[C@H]3O)[C@](C)(O)C[C@@H](C)C(=O)[C@H](C)[C@@H](O)[C@](C)(O)[C@@H](CC)OC(=O)[C@@H]2C)C[C@@]1(C)OC. The Kier molecular flexibility index (Phi) is 26.2. The summed E-state index contributed by atoms with van der Waals surface area (Å²) in [4.78, 5) is 43.7. The molecule has 4 N–H and O–H groups in total. The summed E-state index contributed by atoms with van der Waals surface area (Å²) in [5.41, 5.74) is -4.92. The van der Waals surface area contributed by atoms with E-state index in [0.29, 0.717) is 6.42 Å². The molecule has 0 aliphatic carbocycles. The fourth-order valence-corrected chi connectivity index (χ4v) is 11.5. The van der Waals surface area contributed by atoms with Gasteiger partial charge in [0.15, 0.2) is 18.7 Å². The van der Waals surface area contributed by atoms with Crippen LogP contribution in [-0.2, 0) is 47.5 Å². The van der Waals surface area contributed by atoms with Crippen molar-refractivity contribution in [1.82, 2.24) is 4.90 Å². The van der Waals surface area contributed by atoms with Gasteiger partial charge in [-0.2, -0.15) is 0 Å². The highest BCUT2D eigenvalue weighted by atomic mass is 16.7. The molecule has 0 aromatic rings. The molecule has 0 radical (unpaired) electrons. The molecule has 0 spiro atoms. The van der Waals surface area contributed by atoms with Crippen molar-refractivity contribution >= 4 is 17.7 Å². The lowest BCUT2D eigenvalue weighted by atomic mass is 9.74. The molecule has 0 bridgehead atoms.